The maximum Gasteiger partial charge on any atom is 0.140 e. The van der Waals surface area contributed by atoms with Gasteiger partial charge in [-0.3, -0.25) is 4.57 Å². The smallest absolute Gasteiger partial charge is 0.140 e. The molecule has 246 valence electrons. The van der Waals surface area contributed by atoms with Crippen molar-refractivity contribution in [1.29, 1.82) is 0 Å². The van der Waals surface area contributed by atoms with E-state index in [1.807, 2.05) is 82.2 Å². The highest BCUT2D eigenvalue weighted by atomic mass is 19.1. The van der Waals surface area contributed by atoms with E-state index in [-0.39, 0.29) is 11.7 Å². The number of pyridine rings is 1. The molecule has 0 amide bonds. The molecule has 0 saturated carbocycles. The topological polar surface area (TPSA) is 54.1 Å². The quantitative estimate of drug-likeness (QED) is 0.163. The molecule has 0 spiro atoms. The van der Waals surface area contributed by atoms with Crippen molar-refractivity contribution < 1.29 is 13.9 Å². The molecule has 3 aromatic heterocycles. The number of ether oxygens (including phenoxy) is 2. The summed E-state index contributed by atoms with van der Waals surface area (Å²) in [4.78, 5) is 4.49. The third-order valence-corrected chi connectivity index (χ3v) is 9.02. The van der Waals surface area contributed by atoms with E-state index >= 15 is 0 Å². The van der Waals surface area contributed by atoms with Gasteiger partial charge in [0.15, 0.2) is 0 Å². The van der Waals surface area contributed by atoms with Crippen molar-refractivity contribution in [3.05, 3.63) is 156 Å². The first-order valence-electron chi connectivity index (χ1n) is 16.7. The first-order chi connectivity index (χ1) is 24.3. The van der Waals surface area contributed by atoms with Gasteiger partial charge in [-0.05, 0) is 103 Å². The van der Waals surface area contributed by atoms with Crippen LogP contribution < -0.4 is 9.47 Å². The molecule has 0 unspecified atom stereocenters. The van der Waals surface area contributed by atoms with Crippen LogP contribution in [0.3, 0.4) is 0 Å². The monoisotopic (exact) mass is 658 g/mol. The Balaban J connectivity index is 1.14. The average Bonchev–Trinajstić information content (AvgIpc) is 3.71. The predicted octanol–water partition coefficient (Wildman–Crippen LogP) is 11.5. The van der Waals surface area contributed by atoms with E-state index in [1.54, 1.807) is 0 Å². The molecule has 0 aliphatic carbocycles. The van der Waals surface area contributed by atoms with Gasteiger partial charge >= 0.3 is 0 Å². The molecule has 0 aliphatic heterocycles. The number of hydrogen-bond donors (Lipinski definition) is 0. The highest BCUT2D eigenvalue weighted by Gasteiger charge is 2.17. The van der Waals surface area contributed by atoms with Gasteiger partial charge in [0.2, 0.25) is 0 Å². The Hall–Kier alpha value is -6.21. The first-order valence-corrected chi connectivity index (χ1v) is 16.7. The maximum absolute atomic E-state index is 14.3. The van der Waals surface area contributed by atoms with Gasteiger partial charge in [0.05, 0.1) is 22.9 Å². The van der Waals surface area contributed by atoms with Gasteiger partial charge in [-0.1, -0.05) is 50.2 Å². The fraction of sp³-hybridized carbons (Fsp3) is 0.116. The highest BCUT2D eigenvalue weighted by molar-refractivity contribution is 6.09. The molecule has 50 heavy (non-hydrogen) atoms. The number of aromatic nitrogens is 4. The van der Waals surface area contributed by atoms with Crippen molar-refractivity contribution in [3.8, 4) is 45.6 Å². The Bertz CT molecular complexity index is 2490. The van der Waals surface area contributed by atoms with E-state index in [0.29, 0.717) is 17.3 Å². The minimum atomic E-state index is -0.340. The fourth-order valence-corrected chi connectivity index (χ4v) is 6.70. The SMILES string of the molecule is Cc1cc(Oc2ccccc2)cc(C)c1-c1cnn(-c2cc(Oc3ccc4c5ccccc5n(-c5cc(F)ccn5)c4c3)cc(C(C)C)c2)c1. The molecule has 0 N–H and O–H groups in total. The molecular formula is C43H35FN4O2. The summed E-state index contributed by atoms with van der Waals surface area (Å²) < 4.78 is 30.9. The molecule has 8 rings (SSSR count). The van der Waals surface area contributed by atoms with Crippen LogP contribution in [-0.2, 0) is 0 Å². The molecule has 0 bridgehead atoms. The minimum absolute atomic E-state index is 0.262. The summed E-state index contributed by atoms with van der Waals surface area (Å²) in [5.41, 5.74) is 8.22. The van der Waals surface area contributed by atoms with E-state index in [0.717, 1.165) is 66.8 Å². The molecule has 0 saturated heterocycles. The normalized spacial score (nSPS) is 11.5. The van der Waals surface area contributed by atoms with Crippen LogP contribution in [0.1, 0.15) is 36.5 Å². The van der Waals surface area contributed by atoms with E-state index in [2.05, 4.69) is 75.3 Å². The third-order valence-electron chi connectivity index (χ3n) is 9.02. The van der Waals surface area contributed by atoms with Crippen molar-refractivity contribution in [1.82, 2.24) is 19.3 Å². The van der Waals surface area contributed by atoms with Crippen LogP contribution in [0, 0.1) is 19.7 Å². The van der Waals surface area contributed by atoms with Gasteiger partial charge < -0.3 is 9.47 Å². The van der Waals surface area contributed by atoms with E-state index < -0.39 is 0 Å². The third kappa shape index (κ3) is 5.87. The zero-order valence-corrected chi connectivity index (χ0v) is 28.3. The summed E-state index contributed by atoms with van der Waals surface area (Å²) in [5, 5.41) is 6.88. The molecule has 6 nitrogen and oxygen atoms in total. The Morgan fingerprint density at radius 3 is 2.16 bits per heavy atom. The standard InChI is InChI=1S/C43H35FN4O2/c1-27(2)30-20-33(47-26-31(25-46-47)43-28(3)18-36(19-29(43)4)49-34-10-6-5-7-11-34)23-37(21-30)50-35-14-15-39-38-12-8-9-13-40(38)48(41(39)24-35)42-22-32(44)16-17-45-42/h5-27H,1-4H3. The Morgan fingerprint density at radius 1 is 0.660 bits per heavy atom. The molecule has 0 radical (unpaired) electrons. The molecule has 7 heteroatoms. The van der Waals surface area contributed by atoms with Crippen LogP contribution in [-0.4, -0.2) is 19.3 Å². The molecular weight excluding hydrogens is 623 g/mol. The van der Waals surface area contributed by atoms with Gasteiger partial charge in [0.25, 0.3) is 0 Å². The van der Waals surface area contributed by atoms with Crippen molar-refractivity contribution in [3.63, 3.8) is 0 Å². The number of nitrogens with zero attached hydrogens (tertiary/aromatic N) is 4. The van der Waals surface area contributed by atoms with Crippen LogP contribution in [0.5, 0.6) is 23.0 Å². The summed E-state index contributed by atoms with van der Waals surface area (Å²) in [7, 11) is 0. The largest absolute Gasteiger partial charge is 0.457 e. The number of halogens is 1. The second kappa shape index (κ2) is 12.7. The van der Waals surface area contributed by atoms with E-state index in [1.165, 1.54) is 18.3 Å². The van der Waals surface area contributed by atoms with Crippen LogP contribution in [0.25, 0.3) is 44.4 Å². The highest BCUT2D eigenvalue weighted by Crippen LogP contribution is 2.37. The van der Waals surface area contributed by atoms with Gasteiger partial charge in [0.1, 0.15) is 34.6 Å². The fourth-order valence-electron chi connectivity index (χ4n) is 6.70. The van der Waals surface area contributed by atoms with Crippen LogP contribution in [0.4, 0.5) is 4.39 Å². The molecule has 0 atom stereocenters. The Kier molecular flexibility index (Phi) is 7.88. The van der Waals surface area contributed by atoms with Gasteiger partial charge in [0, 0.05) is 46.9 Å². The number of fused-ring (bicyclic) bond motifs is 3. The predicted molar refractivity (Wildman–Crippen MR) is 198 cm³/mol. The molecule has 0 aliphatic rings. The van der Waals surface area contributed by atoms with Gasteiger partial charge in [-0.25, -0.2) is 14.1 Å². The summed E-state index contributed by atoms with van der Waals surface area (Å²) in [5.74, 6) is 3.40. The van der Waals surface area contributed by atoms with E-state index in [4.69, 9.17) is 14.6 Å². The number of hydrogen-bond acceptors (Lipinski definition) is 4. The van der Waals surface area contributed by atoms with Gasteiger partial charge in [-0.15, -0.1) is 0 Å². The molecule has 5 aromatic carbocycles. The zero-order valence-electron chi connectivity index (χ0n) is 28.3. The van der Waals surface area contributed by atoms with Crippen LogP contribution in [0.15, 0.2) is 134 Å². The minimum Gasteiger partial charge on any atom is -0.457 e. The van der Waals surface area contributed by atoms with Crippen molar-refractivity contribution >= 4 is 21.8 Å². The molecule has 3 heterocycles. The summed E-state index contributed by atoms with van der Waals surface area (Å²) in [6, 6.07) is 37.1. The lowest BCUT2D eigenvalue weighted by atomic mass is 9.98. The van der Waals surface area contributed by atoms with Gasteiger partial charge in [-0.2, -0.15) is 5.10 Å². The lowest BCUT2D eigenvalue weighted by Gasteiger charge is -2.14. The number of para-hydroxylation sites is 2. The van der Waals surface area contributed by atoms with Crippen LogP contribution in [0.2, 0.25) is 0 Å². The van der Waals surface area contributed by atoms with Crippen molar-refractivity contribution in [2.75, 3.05) is 0 Å². The van der Waals surface area contributed by atoms with Crippen molar-refractivity contribution in [2.24, 2.45) is 0 Å². The average molecular weight is 659 g/mol. The lowest BCUT2D eigenvalue weighted by molar-refractivity contribution is 0.481. The summed E-state index contributed by atoms with van der Waals surface area (Å²) in [6.45, 7) is 8.53. The summed E-state index contributed by atoms with van der Waals surface area (Å²) >= 11 is 0. The number of rotatable bonds is 8. The maximum atomic E-state index is 14.3. The molecule has 0 fully saturated rings. The van der Waals surface area contributed by atoms with E-state index in [9.17, 15) is 4.39 Å². The second-order valence-corrected chi connectivity index (χ2v) is 12.9. The first kappa shape index (κ1) is 31.1. The van der Waals surface area contributed by atoms with Crippen molar-refractivity contribution in [2.45, 2.75) is 33.6 Å². The lowest BCUT2D eigenvalue weighted by Crippen LogP contribution is -1.99. The molecule has 8 aromatic rings. The number of aryl methyl sites for hydroxylation is 2. The van der Waals surface area contributed by atoms with Crippen LogP contribution >= 0.6 is 0 Å². The number of benzene rings is 5. The summed E-state index contributed by atoms with van der Waals surface area (Å²) in [6.07, 6.45) is 5.46. The Morgan fingerprint density at radius 2 is 1.38 bits per heavy atom. The zero-order chi connectivity index (χ0) is 34.4. The Labute approximate surface area is 290 Å². The second-order valence-electron chi connectivity index (χ2n) is 12.9.